The zero-order chi connectivity index (χ0) is 16.6. The predicted octanol–water partition coefficient (Wildman–Crippen LogP) is 2.92. The minimum atomic E-state index is -1.40. The SMILES string of the molecule is CC(C)(C(=O)Nc1cnn2cccnc12)c1c(F)cccc1F. The highest BCUT2D eigenvalue weighted by molar-refractivity contribution is 6.00. The monoisotopic (exact) mass is 316 g/mol. The molecule has 0 atom stereocenters. The smallest absolute Gasteiger partial charge is 0.234 e. The minimum absolute atomic E-state index is 0.276. The van der Waals surface area contributed by atoms with Crippen molar-refractivity contribution < 1.29 is 13.6 Å². The van der Waals surface area contributed by atoms with Crippen molar-refractivity contribution >= 4 is 17.2 Å². The molecule has 3 aromatic rings. The highest BCUT2D eigenvalue weighted by Gasteiger charge is 2.35. The van der Waals surface area contributed by atoms with E-state index in [0.717, 1.165) is 12.1 Å². The summed E-state index contributed by atoms with van der Waals surface area (Å²) < 4.78 is 29.5. The summed E-state index contributed by atoms with van der Waals surface area (Å²) in [6.07, 6.45) is 4.68. The fourth-order valence-corrected chi connectivity index (χ4v) is 2.40. The van der Waals surface area contributed by atoms with Gasteiger partial charge >= 0.3 is 0 Å². The van der Waals surface area contributed by atoms with Gasteiger partial charge in [-0.3, -0.25) is 4.79 Å². The van der Waals surface area contributed by atoms with Crippen LogP contribution in [0.3, 0.4) is 0 Å². The number of hydrogen-bond acceptors (Lipinski definition) is 3. The summed E-state index contributed by atoms with van der Waals surface area (Å²) in [5.41, 5.74) is -0.855. The van der Waals surface area contributed by atoms with Gasteiger partial charge in [0, 0.05) is 18.0 Å². The summed E-state index contributed by atoms with van der Waals surface area (Å²) in [5.74, 6) is -2.08. The summed E-state index contributed by atoms with van der Waals surface area (Å²) in [6, 6.07) is 5.22. The van der Waals surface area contributed by atoms with E-state index < -0.39 is 23.0 Å². The second kappa shape index (κ2) is 5.42. The molecule has 0 fully saturated rings. The largest absolute Gasteiger partial charge is 0.321 e. The van der Waals surface area contributed by atoms with Crippen LogP contribution in [-0.4, -0.2) is 20.5 Å². The molecule has 1 amide bonds. The maximum atomic E-state index is 14.0. The van der Waals surface area contributed by atoms with Crippen molar-refractivity contribution in [1.82, 2.24) is 14.6 Å². The number of amides is 1. The normalized spacial score (nSPS) is 11.7. The van der Waals surface area contributed by atoms with Crippen molar-refractivity contribution in [3.05, 3.63) is 60.1 Å². The number of anilines is 1. The molecule has 0 aliphatic carbocycles. The number of nitrogens with zero attached hydrogens (tertiary/aromatic N) is 3. The molecule has 0 saturated carbocycles. The van der Waals surface area contributed by atoms with E-state index in [0.29, 0.717) is 11.3 Å². The molecule has 1 aromatic carbocycles. The number of carbonyl (C=O) groups excluding carboxylic acids is 1. The Labute approximate surface area is 131 Å². The van der Waals surface area contributed by atoms with E-state index in [1.165, 1.54) is 30.6 Å². The standard InChI is InChI=1S/C16H14F2N4O/c1-16(2,13-10(17)5-3-6-11(13)18)15(23)21-12-9-20-22-8-4-7-19-14(12)22/h3-9H,1-2H3,(H,21,23). The number of fused-ring (bicyclic) bond motifs is 1. The summed E-state index contributed by atoms with van der Waals surface area (Å²) in [7, 11) is 0. The van der Waals surface area contributed by atoms with Crippen LogP contribution in [-0.2, 0) is 10.2 Å². The van der Waals surface area contributed by atoms with Crippen molar-refractivity contribution in [2.75, 3.05) is 5.32 Å². The van der Waals surface area contributed by atoms with Crippen LogP contribution in [0.5, 0.6) is 0 Å². The minimum Gasteiger partial charge on any atom is -0.321 e. The molecule has 2 aromatic heterocycles. The van der Waals surface area contributed by atoms with E-state index in [4.69, 9.17) is 0 Å². The lowest BCUT2D eigenvalue weighted by Crippen LogP contribution is -2.36. The fourth-order valence-electron chi connectivity index (χ4n) is 2.40. The number of rotatable bonds is 3. The average molecular weight is 316 g/mol. The first-order chi connectivity index (χ1) is 10.9. The molecule has 7 heteroatoms. The third-order valence-electron chi connectivity index (χ3n) is 3.68. The first kappa shape index (κ1) is 15.1. The third kappa shape index (κ3) is 2.54. The van der Waals surface area contributed by atoms with Gasteiger partial charge in [0.2, 0.25) is 5.91 Å². The lowest BCUT2D eigenvalue weighted by atomic mass is 9.83. The Hall–Kier alpha value is -2.83. The maximum absolute atomic E-state index is 14.0. The van der Waals surface area contributed by atoms with Gasteiger partial charge < -0.3 is 5.32 Å². The third-order valence-corrected chi connectivity index (χ3v) is 3.68. The lowest BCUT2D eigenvalue weighted by Gasteiger charge is -2.24. The van der Waals surface area contributed by atoms with Gasteiger partial charge in [0.15, 0.2) is 5.65 Å². The van der Waals surface area contributed by atoms with Gasteiger partial charge in [-0.25, -0.2) is 18.3 Å². The van der Waals surface area contributed by atoms with Gasteiger partial charge in [-0.1, -0.05) is 6.07 Å². The molecular weight excluding hydrogens is 302 g/mol. The van der Waals surface area contributed by atoms with Crippen LogP contribution in [0, 0.1) is 11.6 Å². The zero-order valence-electron chi connectivity index (χ0n) is 12.5. The Bertz CT molecular complexity index is 868. The van der Waals surface area contributed by atoms with Crippen molar-refractivity contribution in [1.29, 1.82) is 0 Å². The van der Waals surface area contributed by atoms with Crippen LogP contribution >= 0.6 is 0 Å². The van der Waals surface area contributed by atoms with Gasteiger partial charge in [-0.05, 0) is 32.0 Å². The molecule has 0 aliphatic heterocycles. The Morgan fingerprint density at radius 3 is 2.61 bits per heavy atom. The van der Waals surface area contributed by atoms with Crippen LogP contribution in [0.1, 0.15) is 19.4 Å². The van der Waals surface area contributed by atoms with Crippen LogP contribution in [0.2, 0.25) is 0 Å². The second-order valence-electron chi connectivity index (χ2n) is 5.62. The zero-order valence-corrected chi connectivity index (χ0v) is 12.5. The topological polar surface area (TPSA) is 59.3 Å². The van der Waals surface area contributed by atoms with Crippen LogP contribution < -0.4 is 5.32 Å². The molecule has 0 saturated heterocycles. The Balaban J connectivity index is 1.96. The van der Waals surface area contributed by atoms with Crippen molar-refractivity contribution in [3.63, 3.8) is 0 Å². The molecule has 0 aliphatic rings. The van der Waals surface area contributed by atoms with E-state index in [-0.39, 0.29) is 5.56 Å². The van der Waals surface area contributed by atoms with E-state index in [9.17, 15) is 13.6 Å². The highest BCUT2D eigenvalue weighted by Crippen LogP contribution is 2.30. The van der Waals surface area contributed by atoms with Crippen LogP contribution in [0.15, 0.2) is 42.9 Å². The predicted molar refractivity (Wildman–Crippen MR) is 81.0 cm³/mol. The quantitative estimate of drug-likeness (QED) is 0.808. The van der Waals surface area contributed by atoms with Crippen molar-refractivity contribution in [2.24, 2.45) is 0 Å². The molecule has 0 bridgehead atoms. The molecule has 1 N–H and O–H groups in total. The molecule has 0 unspecified atom stereocenters. The second-order valence-corrected chi connectivity index (χ2v) is 5.62. The number of hydrogen-bond donors (Lipinski definition) is 1. The molecule has 3 rings (SSSR count). The molecular formula is C16H14F2N4O. The van der Waals surface area contributed by atoms with Gasteiger partial charge in [-0.2, -0.15) is 5.10 Å². The van der Waals surface area contributed by atoms with Gasteiger partial charge in [-0.15, -0.1) is 0 Å². The summed E-state index contributed by atoms with van der Waals surface area (Å²) in [4.78, 5) is 16.7. The van der Waals surface area contributed by atoms with E-state index in [2.05, 4.69) is 15.4 Å². The van der Waals surface area contributed by atoms with Crippen molar-refractivity contribution in [3.8, 4) is 0 Å². The molecule has 23 heavy (non-hydrogen) atoms. The fraction of sp³-hybridized carbons (Fsp3) is 0.188. The maximum Gasteiger partial charge on any atom is 0.234 e. The van der Waals surface area contributed by atoms with E-state index in [1.807, 2.05) is 0 Å². The number of benzene rings is 1. The summed E-state index contributed by atoms with van der Waals surface area (Å²) in [5, 5.41) is 6.69. The molecule has 0 radical (unpaired) electrons. The average Bonchev–Trinajstić information content (AvgIpc) is 2.90. The first-order valence-electron chi connectivity index (χ1n) is 6.95. The summed E-state index contributed by atoms with van der Waals surface area (Å²) >= 11 is 0. The molecule has 118 valence electrons. The highest BCUT2D eigenvalue weighted by atomic mass is 19.1. The summed E-state index contributed by atoms with van der Waals surface area (Å²) in [6.45, 7) is 2.92. The van der Waals surface area contributed by atoms with E-state index >= 15 is 0 Å². The van der Waals surface area contributed by atoms with Gasteiger partial charge in [0.05, 0.1) is 11.6 Å². The number of halogens is 2. The van der Waals surface area contributed by atoms with Crippen LogP contribution in [0.25, 0.3) is 5.65 Å². The number of carbonyl (C=O) groups is 1. The Morgan fingerprint density at radius 2 is 1.91 bits per heavy atom. The van der Waals surface area contributed by atoms with Crippen molar-refractivity contribution in [2.45, 2.75) is 19.3 Å². The molecule has 5 nitrogen and oxygen atoms in total. The van der Waals surface area contributed by atoms with Gasteiger partial charge in [0.1, 0.15) is 17.3 Å². The number of nitrogens with one attached hydrogen (secondary N) is 1. The Kier molecular flexibility index (Phi) is 3.55. The lowest BCUT2D eigenvalue weighted by molar-refractivity contribution is -0.120. The van der Waals surface area contributed by atoms with Gasteiger partial charge in [0.25, 0.3) is 0 Å². The Morgan fingerprint density at radius 1 is 1.22 bits per heavy atom. The molecule has 0 spiro atoms. The van der Waals surface area contributed by atoms with Crippen LogP contribution in [0.4, 0.5) is 14.5 Å². The molecule has 2 heterocycles. The van der Waals surface area contributed by atoms with E-state index in [1.54, 1.807) is 18.5 Å². The number of aromatic nitrogens is 3. The first-order valence-corrected chi connectivity index (χ1v) is 6.95.